The van der Waals surface area contributed by atoms with Crippen molar-refractivity contribution >= 4 is 17.4 Å². The van der Waals surface area contributed by atoms with Crippen LogP contribution in [0.1, 0.15) is 50.7 Å². The second-order valence-electron chi connectivity index (χ2n) is 6.72. The van der Waals surface area contributed by atoms with E-state index in [1.165, 1.54) is 0 Å². The fraction of sp³-hybridized carbons (Fsp3) is 0.733. The number of aromatic nitrogens is 1. The number of nitrogens with zero attached hydrogens (tertiary/aromatic N) is 1. The van der Waals surface area contributed by atoms with E-state index in [1.807, 2.05) is 27.7 Å². The van der Waals surface area contributed by atoms with Gasteiger partial charge >= 0.3 is 6.09 Å². The molecule has 1 heterocycles. The predicted octanol–water partition coefficient (Wildman–Crippen LogP) is 2.99. The highest BCUT2D eigenvalue weighted by atomic mass is 32.1. The second-order valence-corrected chi connectivity index (χ2v) is 7.78. The van der Waals surface area contributed by atoms with E-state index in [9.17, 15) is 4.79 Å². The van der Waals surface area contributed by atoms with Crippen molar-refractivity contribution in [3.05, 3.63) is 16.1 Å². The maximum atomic E-state index is 11.9. The molecule has 0 atom stereocenters. The lowest BCUT2D eigenvalue weighted by Crippen LogP contribution is -2.59. The molecule has 0 aliphatic heterocycles. The quantitative estimate of drug-likeness (QED) is 0.877. The third-order valence-electron chi connectivity index (χ3n) is 3.51. The molecule has 2 N–H and O–H groups in total. The van der Waals surface area contributed by atoms with E-state index in [0.29, 0.717) is 0 Å². The van der Waals surface area contributed by atoms with Gasteiger partial charge in [0, 0.05) is 18.5 Å². The van der Waals surface area contributed by atoms with Crippen LogP contribution in [-0.2, 0) is 11.3 Å². The molecule has 21 heavy (non-hydrogen) atoms. The van der Waals surface area contributed by atoms with Crippen molar-refractivity contribution in [2.24, 2.45) is 0 Å². The van der Waals surface area contributed by atoms with E-state index in [2.05, 4.69) is 21.0 Å². The number of carbonyl (C=O) groups is 1. The van der Waals surface area contributed by atoms with Crippen molar-refractivity contribution in [2.45, 2.75) is 64.6 Å². The van der Waals surface area contributed by atoms with Crippen LogP contribution in [0.2, 0.25) is 0 Å². The molecule has 5 nitrogen and oxygen atoms in total. The average molecular weight is 311 g/mol. The lowest BCUT2D eigenvalue weighted by atomic mass is 9.76. The Morgan fingerprint density at radius 2 is 2.19 bits per heavy atom. The third kappa shape index (κ3) is 4.97. The molecule has 0 unspecified atom stereocenters. The number of thiazole rings is 1. The number of amides is 1. The average Bonchev–Trinajstić information content (AvgIpc) is 2.69. The molecule has 1 fully saturated rings. The van der Waals surface area contributed by atoms with Crippen LogP contribution in [0.5, 0.6) is 0 Å². The molecule has 0 aromatic carbocycles. The van der Waals surface area contributed by atoms with Crippen LogP contribution in [-0.4, -0.2) is 28.8 Å². The molecule has 0 spiro atoms. The smallest absolute Gasteiger partial charge is 0.408 e. The zero-order valence-electron chi connectivity index (χ0n) is 13.3. The van der Waals surface area contributed by atoms with E-state index in [0.717, 1.165) is 43.1 Å². The first kappa shape index (κ1) is 16.2. The molecule has 118 valence electrons. The zero-order valence-corrected chi connectivity index (χ0v) is 14.1. The van der Waals surface area contributed by atoms with Crippen LogP contribution < -0.4 is 10.6 Å². The molecule has 1 aromatic rings. The Morgan fingerprint density at radius 1 is 1.48 bits per heavy atom. The summed E-state index contributed by atoms with van der Waals surface area (Å²) in [6.07, 6.45) is 2.81. The Morgan fingerprint density at radius 3 is 2.67 bits per heavy atom. The van der Waals surface area contributed by atoms with Crippen molar-refractivity contribution in [3.8, 4) is 0 Å². The molecule has 1 amide bonds. The normalized spacial score (nSPS) is 17.1. The zero-order chi connectivity index (χ0) is 15.5. The number of carbonyl (C=O) groups excluding carboxylic acids is 1. The first-order valence-electron chi connectivity index (χ1n) is 7.41. The molecule has 0 radical (unpaired) electrons. The molecule has 1 aliphatic carbocycles. The number of nitrogens with one attached hydrogen (secondary N) is 2. The Bertz CT molecular complexity index is 489. The maximum absolute atomic E-state index is 11.9. The minimum absolute atomic E-state index is 0.159. The third-order valence-corrected chi connectivity index (χ3v) is 4.34. The minimum atomic E-state index is -0.458. The predicted molar refractivity (Wildman–Crippen MR) is 84.5 cm³/mol. The van der Waals surface area contributed by atoms with Gasteiger partial charge in [0.1, 0.15) is 5.60 Å². The minimum Gasteiger partial charge on any atom is -0.444 e. The summed E-state index contributed by atoms with van der Waals surface area (Å²) in [6, 6.07) is 0. The summed E-state index contributed by atoms with van der Waals surface area (Å²) in [5.74, 6) is 0. The molecule has 0 bridgehead atoms. The van der Waals surface area contributed by atoms with Gasteiger partial charge in [-0.15, -0.1) is 11.3 Å². The van der Waals surface area contributed by atoms with Crippen LogP contribution in [0.4, 0.5) is 4.79 Å². The highest BCUT2D eigenvalue weighted by Gasteiger charge is 2.39. The van der Waals surface area contributed by atoms with E-state index in [-0.39, 0.29) is 11.6 Å². The SMILES string of the molecule is Cc1nc(CNCC2(NC(=O)OC(C)(C)C)CCC2)cs1. The fourth-order valence-corrected chi connectivity index (χ4v) is 3.00. The van der Waals surface area contributed by atoms with Gasteiger partial charge in [-0.3, -0.25) is 0 Å². The molecule has 0 saturated heterocycles. The number of hydrogen-bond acceptors (Lipinski definition) is 5. The molecule has 2 rings (SSSR count). The summed E-state index contributed by atoms with van der Waals surface area (Å²) in [5.41, 5.74) is 0.442. The highest BCUT2D eigenvalue weighted by molar-refractivity contribution is 7.09. The number of aryl methyl sites for hydroxylation is 1. The van der Waals surface area contributed by atoms with Crippen LogP contribution in [0.25, 0.3) is 0 Å². The first-order valence-corrected chi connectivity index (χ1v) is 8.29. The van der Waals surface area contributed by atoms with Gasteiger partial charge in [0.05, 0.1) is 16.2 Å². The Kier molecular flexibility index (Phi) is 4.88. The lowest BCUT2D eigenvalue weighted by molar-refractivity contribution is 0.0382. The van der Waals surface area contributed by atoms with Gasteiger partial charge < -0.3 is 15.4 Å². The van der Waals surface area contributed by atoms with Crippen LogP contribution in [0.15, 0.2) is 5.38 Å². The van der Waals surface area contributed by atoms with Crippen LogP contribution in [0.3, 0.4) is 0 Å². The Labute approximate surface area is 130 Å². The van der Waals surface area contributed by atoms with Gasteiger partial charge in [0.25, 0.3) is 0 Å². The van der Waals surface area contributed by atoms with Crippen molar-refractivity contribution in [2.75, 3.05) is 6.54 Å². The van der Waals surface area contributed by atoms with Crippen LogP contribution >= 0.6 is 11.3 Å². The summed E-state index contributed by atoms with van der Waals surface area (Å²) in [6.45, 7) is 9.13. The van der Waals surface area contributed by atoms with Gasteiger partial charge in [-0.2, -0.15) is 0 Å². The van der Waals surface area contributed by atoms with Crippen molar-refractivity contribution < 1.29 is 9.53 Å². The van der Waals surface area contributed by atoms with Crippen molar-refractivity contribution in [1.82, 2.24) is 15.6 Å². The molecule has 1 aromatic heterocycles. The first-order chi connectivity index (χ1) is 9.78. The maximum Gasteiger partial charge on any atom is 0.408 e. The lowest BCUT2D eigenvalue weighted by Gasteiger charge is -2.42. The summed E-state index contributed by atoms with van der Waals surface area (Å²) in [5, 5.41) is 9.58. The van der Waals surface area contributed by atoms with Gasteiger partial charge in [0.15, 0.2) is 0 Å². The summed E-state index contributed by atoms with van der Waals surface area (Å²) >= 11 is 1.66. The van der Waals surface area contributed by atoms with Crippen LogP contribution in [0, 0.1) is 6.92 Å². The second kappa shape index (κ2) is 6.32. The standard InChI is InChI=1S/C15H25N3O2S/c1-11-17-12(9-21-11)8-16-10-15(6-5-7-15)18-13(19)20-14(2,3)4/h9,16H,5-8,10H2,1-4H3,(H,18,19). The van der Waals surface area contributed by atoms with Gasteiger partial charge in [-0.1, -0.05) is 0 Å². The van der Waals surface area contributed by atoms with E-state index in [1.54, 1.807) is 11.3 Å². The number of hydrogen-bond donors (Lipinski definition) is 2. The topological polar surface area (TPSA) is 63.2 Å². The molecular weight excluding hydrogens is 286 g/mol. The largest absolute Gasteiger partial charge is 0.444 e. The van der Waals surface area contributed by atoms with Gasteiger partial charge in [-0.05, 0) is 47.0 Å². The van der Waals surface area contributed by atoms with E-state index in [4.69, 9.17) is 4.74 Å². The number of rotatable bonds is 5. The fourth-order valence-electron chi connectivity index (χ4n) is 2.39. The molecule has 1 saturated carbocycles. The summed E-state index contributed by atoms with van der Waals surface area (Å²) in [7, 11) is 0. The highest BCUT2D eigenvalue weighted by Crippen LogP contribution is 2.31. The van der Waals surface area contributed by atoms with Gasteiger partial charge in [-0.25, -0.2) is 9.78 Å². The number of ether oxygens (including phenoxy) is 1. The van der Waals surface area contributed by atoms with Crippen molar-refractivity contribution in [1.29, 1.82) is 0 Å². The monoisotopic (exact) mass is 311 g/mol. The summed E-state index contributed by atoms with van der Waals surface area (Å²) < 4.78 is 5.35. The van der Waals surface area contributed by atoms with Gasteiger partial charge in [0.2, 0.25) is 0 Å². The molecular formula is C15H25N3O2S. The Balaban J connectivity index is 1.80. The van der Waals surface area contributed by atoms with E-state index >= 15 is 0 Å². The Hall–Kier alpha value is -1.14. The molecule has 1 aliphatic rings. The van der Waals surface area contributed by atoms with E-state index < -0.39 is 5.60 Å². The van der Waals surface area contributed by atoms with Crippen molar-refractivity contribution in [3.63, 3.8) is 0 Å². The number of alkyl carbamates (subject to hydrolysis) is 1. The molecule has 6 heteroatoms. The summed E-state index contributed by atoms with van der Waals surface area (Å²) in [4.78, 5) is 16.4.